The van der Waals surface area contributed by atoms with Gasteiger partial charge in [-0.1, -0.05) is 35.9 Å². The Kier molecular flexibility index (Phi) is 5.69. The lowest BCUT2D eigenvalue weighted by Gasteiger charge is -2.37. The fourth-order valence-electron chi connectivity index (χ4n) is 4.09. The zero-order chi connectivity index (χ0) is 20.4. The molecule has 0 N–H and O–H groups in total. The van der Waals surface area contributed by atoms with Crippen LogP contribution in [-0.2, 0) is 17.8 Å². The van der Waals surface area contributed by atoms with Crippen LogP contribution in [0.25, 0.3) is 0 Å². The highest BCUT2D eigenvalue weighted by molar-refractivity contribution is 6.30. The average Bonchev–Trinajstić information content (AvgIpc) is 2.73. The summed E-state index contributed by atoms with van der Waals surface area (Å²) in [5.41, 5.74) is 3.23. The Hall–Kier alpha value is -2.64. The Morgan fingerprint density at radius 2 is 1.76 bits per heavy atom. The molecule has 29 heavy (non-hydrogen) atoms. The van der Waals surface area contributed by atoms with Crippen molar-refractivity contribution < 1.29 is 9.72 Å². The molecule has 4 rings (SSSR count). The van der Waals surface area contributed by atoms with Crippen molar-refractivity contribution in [1.82, 2.24) is 9.80 Å². The zero-order valence-electron chi connectivity index (χ0n) is 16.1. The molecule has 0 bridgehead atoms. The number of fused-ring (bicyclic) bond motifs is 1. The molecule has 2 aromatic rings. The Bertz CT molecular complexity index is 928. The number of benzene rings is 2. The van der Waals surface area contributed by atoms with E-state index in [9.17, 15) is 14.9 Å². The first-order valence-electron chi connectivity index (χ1n) is 9.77. The van der Waals surface area contributed by atoms with E-state index < -0.39 is 4.92 Å². The molecule has 0 radical (unpaired) electrons. The third-order valence-electron chi connectivity index (χ3n) is 5.68. The number of nitrogens with zero attached hydrogens (tertiary/aromatic N) is 4. The van der Waals surface area contributed by atoms with Crippen LogP contribution in [0.3, 0.4) is 0 Å². The van der Waals surface area contributed by atoms with Gasteiger partial charge in [0.05, 0.1) is 11.5 Å². The van der Waals surface area contributed by atoms with E-state index in [2.05, 4.69) is 23.1 Å². The van der Waals surface area contributed by atoms with E-state index in [-0.39, 0.29) is 11.6 Å². The molecule has 7 nitrogen and oxygen atoms in total. The van der Waals surface area contributed by atoms with Crippen LogP contribution >= 0.6 is 11.6 Å². The van der Waals surface area contributed by atoms with Gasteiger partial charge in [0, 0.05) is 50.4 Å². The number of nitro groups is 1. The van der Waals surface area contributed by atoms with E-state index >= 15 is 0 Å². The number of carbonyl (C=O) groups excluding carboxylic acids is 1. The normalized spacial score (nSPS) is 17.1. The van der Waals surface area contributed by atoms with Crippen molar-refractivity contribution in [1.29, 1.82) is 0 Å². The van der Waals surface area contributed by atoms with Crippen molar-refractivity contribution in [2.24, 2.45) is 0 Å². The van der Waals surface area contributed by atoms with Gasteiger partial charge < -0.3 is 9.80 Å². The van der Waals surface area contributed by atoms with Gasteiger partial charge in [-0.25, -0.2) is 0 Å². The number of carbonyl (C=O) groups is 1. The van der Waals surface area contributed by atoms with Crippen molar-refractivity contribution in [2.75, 3.05) is 44.2 Å². The van der Waals surface area contributed by atoms with Crippen LogP contribution in [0.15, 0.2) is 42.5 Å². The summed E-state index contributed by atoms with van der Waals surface area (Å²) in [7, 11) is 0. The first-order chi connectivity index (χ1) is 14.0. The molecule has 0 saturated carbocycles. The number of rotatable bonds is 4. The molecule has 2 aromatic carbocycles. The molecule has 0 aliphatic carbocycles. The molecule has 0 spiro atoms. The first-order valence-corrected chi connectivity index (χ1v) is 10.1. The number of nitro benzene ring substituents is 1. The van der Waals surface area contributed by atoms with Crippen molar-refractivity contribution in [3.8, 4) is 0 Å². The van der Waals surface area contributed by atoms with Crippen molar-refractivity contribution >= 4 is 28.9 Å². The molecular weight excluding hydrogens is 392 g/mol. The minimum atomic E-state index is -0.410. The Balaban J connectivity index is 1.34. The van der Waals surface area contributed by atoms with Gasteiger partial charge in [-0.15, -0.1) is 0 Å². The lowest BCUT2D eigenvalue weighted by molar-refractivity contribution is -0.384. The maximum atomic E-state index is 12.8. The van der Waals surface area contributed by atoms with Crippen LogP contribution in [0.2, 0.25) is 5.02 Å². The van der Waals surface area contributed by atoms with E-state index in [1.165, 1.54) is 17.2 Å². The van der Waals surface area contributed by atoms with E-state index in [1.54, 1.807) is 12.1 Å². The number of halogens is 1. The second-order valence-electron chi connectivity index (χ2n) is 7.49. The van der Waals surface area contributed by atoms with Crippen molar-refractivity contribution in [3.05, 3.63) is 68.7 Å². The van der Waals surface area contributed by atoms with Crippen LogP contribution in [0.4, 0.5) is 11.4 Å². The summed E-state index contributed by atoms with van der Waals surface area (Å²) in [4.78, 5) is 29.7. The van der Waals surface area contributed by atoms with Gasteiger partial charge in [0.15, 0.2) is 0 Å². The quantitative estimate of drug-likeness (QED) is 0.568. The molecule has 1 saturated heterocycles. The lowest BCUT2D eigenvalue weighted by atomic mass is 10.00. The third kappa shape index (κ3) is 4.36. The number of piperazine rings is 1. The fourth-order valence-corrected chi connectivity index (χ4v) is 4.25. The topological polar surface area (TPSA) is 69.9 Å². The number of amides is 1. The summed E-state index contributed by atoms with van der Waals surface area (Å²) in [5.74, 6) is 0.120. The Morgan fingerprint density at radius 3 is 2.48 bits per heavy atom. The second kappa shape index (κ2) is 8.39. The fraction of sp³-hybridized carbons (Fsp3) is 0.381. The Labute approximate surface area is 174 Å². The van der Waals surface area contributed by atoms with E-state index in [4.69, 9.17) is 11.6 Å². The molecule has 0 atom stereocenters. The zero-order valence-corrected chi connectivity index (χ0v) is 16.8. The van der Waals surface area contributed by atoms with Gasteiger partial charge in [-0.05, 0) is 29.7 Å². The van der Waals surface area contributed by atoms with Crippen LogP contribution in [0, 0.1) is 10.1 Å². The van der Waals surface area contributed by atoms with Crippen LogP contribution in [0.5, 0.6) is 0 Å². The minimum Gasteiger partial charge on any atom is -0.362 e. The predicted octanol–water partition coefficient (Wildman–Crippen LogP) is 2.96. The standard InChI is InChI=1S/C21H23ClN4O3/c22-18-5-6-19(20(13-18)26(28)29)24-9-11-25(12-10-24)21(27)15-23-8-7-16-3-1-2-4-17(16)14-23/h1-6,13H,7-12,14-15H2. The molecule has 0 unspecified atom stereocenters. The maximum Gasteiger partial charge on any atom is 0.294 e. The summed E-state index contributed by atoms with van der Waals surface area (Å²) in [6, 6.07) is 13.1. The molecule has 8 heteroatoms. The van der Waals surface area contributed by atoms with Gasteiger partial charge in [0.1, 0.15) is 5.69 Å². The summed E-state index contributed by atoms with van der Waals surface area (Å²) >= 11 is 5.91. The van der Waals surface area contributed by atoms with E-state index in [1.807, 2.05) is 15.9 Å². The molecule has 2 heterocycles. The summed E-state index contributed by atoms with van der Waals surface area (Å²) in [6.45, 7) is 4.36. The van der Waals surface area contributed by atoms with Crippen molar-refractivity contribution in [2.45, 2.75) is 13.0 Å². The minimum absolute atomic E-state index is 0.00394. The smallest absolute Gasteiger partial charge is 0.294 e. The molecule has 2 aliphatic heterocycles. The average molecular weight is 415 g/mol. The Morgan fingerprint density at radius 1 is 1.03 bits per heavy atom. The number of anilines is 1. The van der Waals surface area contributed by atoms with Gasteiger partial charge in [-0.2, -0.15) is 0 Å². The summed E-state index contributed by atoms with van der Waals surface area (Å²) in [5, 5.41) is 11.7. The van der Waals surface area contributed by atoms with Crippen LogP contribution < -0.4 is 4.90 Å². The largest absolute Gasteiger partial charge is 0.362 e. The monoisotopic (exact) mass is 414 g/mol. The lowest BCUT2D eigenvalue weighted by Crippen LogP contribution is -2.51. The molecule has 0 aromatic heterocycles. The van der Waals surface area contributed by atoms with E-state index in [0.717, 1.165) is 19.5 Å². The molecule has 152 valence electrons. The highest BCUT2D eigenvalue weighted by Crippen LogP contribution is 2.31. The van der Waals surface area contributed by atoms with Crippen LogP contribution in [-0.4, -0.2) is 59.9 Å². The molecule has 1 fully saturated rings. The van der Waals surface area contributed by atoms with Crippen LogP contribution in [0.1, 0.15) is 11.1 Å². The second-order valence-corrected chi connectivity index (χ2v) is 7.92. The van der Waals surface area contributed by atoms with Gasteiger partial charge in [0.2, 0.25) is 5.91 Å². The van der Waals surface area contributed by atoms with Gasteiger partial charge >= 0.3 is 0 Å². The van der Waals surface area contributed by atoms with E-state index in [0.29, 0.717) is 43.4 Å². The van der Waals surface area contributed by atoms with Gasteiger partial charge in [-0.3, -0.25) is 19.8 Å². The maximum absolute atomic E-state index is 12.8. The highest BCUT2D eigenvalue weighted by Gasteiger charge is 2.27. The first kappa shape index (κ1) is 19.7. The molecule has 2 aliphatic rings. The highest BCUT2D eigenvalue weighted by atomic mass is 35.5. The summed E-state index contributed by atoms with van der Waals surface area (Å²) in [6.07, 6.45) is 0.970. The number of hydrogen-bond donors (Lipinski definition) is 0. The summed E-state index contributed by atoms with van der Waals surface area (Å²) < 4.78 is 0. The number of hydrogen-bond acceptors (Lipinski definition) is 5. The molecule has 1 amide bonds. The SMILES string of the molecule is O=C(CN1CCc2ccccc2C1)N1CCN(c2ccc(Cl)cc2[N+](=O)[O-])CC1. The molecular formula is C21H23ClN4O3. The van der Waals surface area contributed by atoms with Crippen molar-refractivity contribution in [3.63, 3.8) is 0 Å². The van der Waals surface area contributed by atoms with Gasteiger partial charge in [0.25, 0.3) is 5.69 Å². The predicted molar refractivity (Wildman–Crippen MR) is 112 cm³/mol. The third-order valence-corrected chi connectivity index (χ3v) is 5.91.